The van der Waals surface area contributed by atoms with Gasteiger partial charge in [-0.05, 0) is 61.4 Å². The fourth-order valence-electron chi connectivity index (χ4n) is 2.99. The van der Waals surface area contributed by atoms with E-state index in [2.05, 4.69) is 41.0 Å². The van der Waals surface area contributed by atoms with Gasteiger partial charge in [0.25, 0.3) is 5.91 Å². The smallest absolute Gasteiger partial charge is 0.251 e. The van der Waals surface area contributed by atoms with Gasteiger partial charge in [0.2, 0.25) is 5.91 Å². The van der Waals surface area contributed by atoms with Gasteiger partial charge in [-0.1, -0.05) is 42.5 Å². The van der Waals surface area contributed by atoms with Crippen molar-refractivity contribution < 1.29 is 9.59 Å². The van der Waals surface area contributed by atoms with Crippen LogP contribution in [0.15, 0.2) is 66.7 Å². The van der Waals surface area contributed by atoms with Crippen LogP contribution in [0.25, 0.3) is 10.8 Å². The Morgan fingerprint density at radius 2 is 1.59 bits per heavy atom. The van der Waals surface area contributed by atoms with Crippen molar-refractivity contribution >= 4 is 40.0 Å². The average molecular weight is 407 g/mol. The van der Waals surface area contributed by atoms with Crippen LogP contribution in [-0.2, 0) is 10.5 Å². The van der Waals surface area contributed by atoms with Gasteiger partial charge >= 0.3 is 0 Å². The lowest BCUT2D eigenvalue weighted by Crippen LogP contribution is -2.40. The molecule has 150 valence electrons. The maximum Gasteiger partial charge on any atom is 0.251 e. The van der Waals surface area contributed by atoms with Crippen LogP contribution in [0.5, 0.6) is 0 Å². The molecule has 0 aromatic heterocycles. The minimum absolute atomic E-state index is 0.0536. The zero-order valence-electron chi connectivity index (χ0n) is 17.0. The highest BCUT2D eigenvalue weighted by molar-refractivity contribution is 7.99. The Bertz CT molecular complexity index is 1000. The molecule has 0 saturated heterocycles. The van der Waals surface area contributed by atoms with Crippen LogP contribution >= 0.6 is 11.8 Å². The SMILES string of the molecule is CC(C)(C)NC(=O)c1ccc(NC(=O)CSCc2cccc3ccccc23)cc1. The number of nitrogens with one attached hydrogen (secondary N) is 2. The molecule has 4 nitrogen and oxygen atoms in total. The van der Waals surface area contributed by atoms with Gasteiger partial charge in [-0.3, -0.25) is 9.59 Å². The van der Waals surface area contributed by atoms with Gasteiger partial charge in [0, 0.05) is 22.5 Å². The van der Waals surface area contributed by atoms with E-state index in [9.17, 15) is 9.59 Å². The van der Waals surface area contributed by atoms with Gasteiger partial charge in [0.05, 0.1) is 5.75 Å². The molecule has 29 heavy (non-hydrogen) atoms. The Labute approximate surface area is 176 Å². The molecule has 2 amide bonds. The molecule has 0 aliphatic heterocycles. The van der Waals surface area contributed by atoms with E-state index in [4.69, 9.17) is 0 Å². The summed E-state index contributed by atoms with van der Waals surface area (Å²) in [5, 5.41) is 8.25. The Morgan fingerprint density at radius 1 is 0.897 bits per heavy atom. The van der Waals surface area contributed by atoms with Crippen LogP contribution < -0.4 is 10.6 Å². The first-order valence-electron chi connectivity index (χ1n) is 9.59. The molecule has 0 aliphatic rings. The Balaban J connectivity index is 1.51. The summed E-state index contributed by atoms with van der Waals surface area (Å²) in [4.78, 5) is 24.4. The molecule has 3 rings (SSSR count). The zero-order chi connectivity index (χ0) is 20.9. The van der Waals surface area contributed by atoms with Crippen molar-refractivity contribution in [3.05, 3.63) is 77.9 Å². The first-order valence-corrected chi connectivity index (χ1v) is 10.7. The number of thioether (sulfide) groups is 1. The van der Waals surface area contributed by atoms with E-state index in [0.717, 1.165) is 5.75 Å². The summed E-state index contributed by atoms with van der Waals surface area (Å²) >= 11 is 1.59. The van der Waals surface area contributed by atoms with E-state index in [1.807, 2.05) is 32.9 Å². The highest BCUT2D eigenvalue weighted by Crippen LogP contribution is 2.23. The van der Waals surface area contributed by atoms with Crippen LogP contribution in [0.1, 0.15) is 36.7 Å². The van der Waals surface area contributed by atoms with Gasteiger partial charge in [-0.25, -0.2) is 0 Å². The third kappa shape index (κ3) is 6.09. The van der Waals surface area contributed by atoms with E-state index in [1.54, 1.807) is 36.0 Å². The third-order valence-electron chi connectivity index (χ3n) is 4.29. The number of anilines is 1. The molecule has 0 saturated carbocycles. The molecule has 0 heterocycles. The van der Waals surface area contributed by atoms with Crippen LogP contribution in [0.3, 0.4) is 0 Å². The third-order valence-corrected chi connectivity index (χ3v) is 5.27. The van der Waals surface area contributed by atoms with Crippen molar-refractivity contribution in [2.75, 3.05) is 11.1 Å². The predicted octanol–water partition coefficient (Wildman–Crippen LogP) is 5.24. The lowest BCUT2D eigenvalue weighted by Gasteiger charge is -2.20. The van der Waals surface area contributed by atoms with Crippen LogP contribution in [-0.4, -0.2) is 23.1 Å². The number of hydrogen-bond donors (Lipinski definition) is 2. The summed E-state index contributed by atoms with van der Waals surface area (Å²) in [6.07, 6.45) is 0. The molecule has 3 aromatic rings. The monoisotopic (exact) mass is 406 g/mol. The largest absolute Gasteiger partial charge is 0.347 e. The highest BCUT2D eigenvalue weighted by Gasteiger charge is 2.15. The highest BCUT2D eigenvalue weighted by atomic mass is 32.2. The van der Waals surface area contributed by atoms with Gasteiger partial charge < -0.3 is 10.6 Å². The van der Waals surface area contributed by atoms with Gasteiger partial charge in [0.1, 0.15) is 0 Å². The van der Waals surface area contributed by atoms with Crippen molar-refractivity contribution in [1.82, 2.24) is 5.32 Å². The molecule has 0 spiro atoms. The minimum Gasteiger partial charge on any atom is -0.347 e. The number of carbonyl (C=O) groups is 2. The topological polar surface area (TPSA) is 58.2 Å². The van der Waals surface area contributed by atoms with Crippen LogP contribution in [0, 0.1) is 0 Å². The zero-order valence-corrected chi connectivity index (χ0v) is 17.8. The summed E-state index contributed by atoms with van der Waals surface area (Å²) in [6, 6.07) is 21.5. The quantitative estimate of drug-likeness (QED) is 0.588. The second-order valence-corrected chi connectivity index (χ2v) is 8.95. The van der Waals surface area contributed by atoms with Crippen LogP contribution in [0.4, 0.5) is 5.69 Å². The molecule has 0 radical (unpaired) electrons. The molecule has 5 heteroatoms. The number of hydrogen-bond acceptors (Lipinski definition) is 3. The first-order chi connectivity index (χ1) is 13.8. The van der Waals surface area contributed by atoms with Crippen LogP contribution in [0.2, 0.25) is 0 Å². The van der Waals surface area contributed by atoms with Crippen molar-refractivity contribution in [3.8, 4) is 0 Å². The van der Waals surface area contributed by atoms with E-state index in [1.165, 1.54) is 16.3 Å². The maximum atomic E-state index is 12.3. The van der Waals surface area contributed by atoms with Gasteiger partial charge in [-0.15, -0.1) is 11.8 Å². The molecule has 0 aliphatic carbocycles. The van der Waals surface area contributed by atoms with Crippen molar-refractivity contribution in [3.63, 3.8) is 0 Å². The lowest BCUT2D eigenvalue weighted by molar-refractivity contribution is -0.113. The molecular weight excluding hydrogens is 380 g/mol. The Morgan fingerprint density at radius 3 is 2.31 bits per heavy atom. The molecule has 3 aromatic carbocycles. The predicted molar refractivity (Wildman–Crippen MR) is 122 cm³/mol. The summed E-state index contributed by atoms with van der Waals surface area (Å²) in [6.45, 7) is 5.82. The molecule has 2 N–H and O–H groups in total. The molecule has 0 fully saturated rings. The molecule has 0 unspecified atom stereocenters. The van der Waals surface area contributed by atoms with Gasteiger partial charge in [-0.2, -0.15) is 0 Å². The average Bonchev–Trinajstić information content (AvgIpc) is 2.67. The Kier molecular flexibility index (Phi) is 6.60. The Hall–Kier alpha value is -2.79. The minimum atomic E-state index is -0.286. The summed E-state index contributed by atoms with van der Waals surface area (Å²) in [7, 11) is 0. The summed E-state index contributed by atoms with van der Waals surface area (Å²) in [5.74, 6) is 0.971. The van der Waals surface area contributed by atoms with E-state index in [0.29, 0.717) is 17.0 Å². The number of rotatable bonds is 6. The fourth-order valence-corrected chi connectivity index (χ4v) is 3.82. The summed E-state index contributed by atoms with van der Waals surface area (Å²) in [5.41, 5.74) is 2.21. The van der Waals surface area contributed by atoms with Crippen molar-refractivity contribution in [1.29, 1.82) is 0 Å². The second-order valence-electron chi connectivity index (χ2n) is 7.96. The summed E-state index contributed by atoms with van der Waals surface area (Å²) < 4.78 is 0. The normalized spacial score (nSPS) is 11.3. The van der Waals surface area contributed by atoms with E-state index >= 15 is 0 Å². The van der Waals surface area contributed by atoms with E-state index in [-0.39, 0.29) is 17.4 Å². The number of carbonyl (C=O) groups excluding carboxylic acids is 2. The fraction of sp³-hybridized carbons (Fsp3) is 0.250. The molecule has 0 atom stereocenters. The second kappa shape index (κ2) is 9.14. The standard InChI is InChI=1S/C24H26N2O2S/c1-24(2,3)26-23(28)18-11-13-20(14-12-18)25-22(27)16-29-15-19-9-6-8-17-7-4-5-10-21(17)19/h4-14H,15-16H2,1-3H3,(H,25,27)(H,26,28). The first kappa shape index (κ1) is 20.9. The number of benzene rings is 3. The molecule has 0 bridgehead atoms. The van der Waals surface area contributed by atoms with Crippen molar-refractivity contribution in [2.45, 2.75) is 32.1 Å². The molecular formula is C24H26N2O2S. The van der Waals surface area contributed by atoms with E-state index < -0.39 is 0 Å². The number of fused-ring (bicyclic) bond motifs is 1. The number of amides is 2. The van der Waals surface area contributed by atoms with Gasteiger partial charge in [0.15, 0.2) is 0 Å². The van der Waals surface area contributed by atoms with Crippen molar-refractivity contribution in [2.24, 2.45) is 0 Å². The lowest BCUT2D eigenvalue weighted by atomic mass is 10.1. The maximum absolute atomic E-state index is 12.3.